The number of hydrogen-bond donors (Lipinski definition) is 1. The summed E-state index contributed by atoms with van der Waals surface area (Å²) in [6, 6.07) is 5.24. The second kappa shape index (κ2) is 5.21. The summed E-state index contributed by atoms with van der Waals surface area (Å²) < 4.78 is 5.85. The number of benzene rings is 1. The van der Waals surface area contributed by atoms with Crippen molar-refractivity contribution in [3.05, 3.63) is 29.3 Å². The molecule has 1 aromatic rings. The zero-order valence-electron chi connectivity index (χ0n) is 10.1. The Hall–Kier alpha value is -1.51. The van der Waals surface area contributed by atoms with Gasteiger partial charge in [-0.15, -0.1) is 0 Å². The molecule has 0 bridgehead atoms. The summed E-state index contributed by atoms with van der Waals surface area (Å²) in [5.74, 6) is -0.403. The number of carboxylic acid groups (broad SMARTS) is 1. The molecule has 1 aliphatic carbocycles. The molecular weight excluding hydrogens is 216 g/mol. The zero-order valence-corrected chi connectivity index (χ0v) is 10.1. The molecule has 0 radical (unpaired) electrons. The summed E-state index contributed by atoms with van der Waals surface area (Å²) in [6.45, 7) is 1.94. The first-order chi connectivity index (χ1) is 8.16. The number of rotatable bonds is 3. The van der Waals surface area contributed by atoms with Gasteiger partial charge >= 0.3 is 5.97 Å². The Morgan fingerprint density at radius 2 is 2.00 bits per heavy atom. The van der Waals surface area contributed by atoms with Crippen molar-refractivity contribution in [2.45, 2.75) is 45.1 Å². The highest BCUT2D eigenvalue weighted by Gasteiger charge is 2.18. The Bertz CT molecular complexity index is 406. The third-order valence-corrected chi connectivity index (χ3v) is 3.21. The summed E-state index contributed by atoms with van der Waals surface area (Å²) in [5, 5.41) is 9.11. The number of aromatic carboxylic acids is 1. The quantitative estimate of drug-likeness (QED) is 0.871. The van der Waals surface area contributed by atoms with E-state index in [4.69, 9.17) is 9.84 Å². The van der Waals surface area contributed by atoms with Gasteiger partial charge in [-0.1, -0.05) is 12.5 Å². The van der Waals surface area contributed by atoms with Crippen LogP contribution in [0.25, 0.3) is 0 Å². The fourth-order valence-electron chi connectivity index (χ4n) is 2.27. The van der Waals surface area contributed by atoms with E-state index >= 15 is 0 Å². The SMILES string of the molecule is Cc1ccc(C(=O)O)c(OC2CCCCC2)c1. The molecule has 92 valence electrons. The van der Waals surface area contributed by atoms with Crippen LogP contribution in [0.3, 0.4) is 0 Å². The van der Waals surface area contributed by atoms with Gasteiger partial charge in [0, 0.05) is 0 Å². The van der Waals surface area contributed by atoms with Crippen LogP contribution in [0.1, 0.15) is 48.0 Å². The van der Waals surface area contributed by atoms with Gasteiger partial charge in [-0.2, -0.15) is 0 Å². The van der Waals surface area contributed by atoms with E-state index in [9.17, 15) is 4.79 Å². The normalized spacial score (nSPS) is 16.8. The van der Waals surface area contributed by atoms with Gasteiger partial charge in [0.15, 0.2) is 0 Å². The van der Waals surface area contributed by atoms with E-state index in [0.29, 0.717) is 5.75 Å². The molecular formula is C14H18O3. The van der Waals surface area contributed by atoms with E-state index in [1.807, 2.05) is 13.0 Å². The van der Waals surface area contributed by atoms with Gasteiger partial charge in [-0.25, -0.2) is 4.79 Å². The Morgan fingerprint density at radius 1 is 1.29 bits per heavy atom. The number of ether oxygens (including phenoxy) is 1. The van der Waals surface area contributed by atoms with Crippen molar-refractivity contribution in [1.82, 2.24) is 0 Å². The van der Waals surface area contributed by atoms with Crippen LogP contribution in [0.5, 0.6) is 5.75 Å². The van der Waals surface area contributed by atoms with Gasteiger partial charge in [0.1, 0.15) is 11.3 Å². The van der Waals surface area contributed by atoms with Crippen molar-refractivity contribution < 1.29 is 14.6 Å². The number of carbonyl (C=O) groups is 1. The first kappa shape index (κ1) is 12.0. The molecule has 1 saturated carbocycles. The van der Waals surface area contributed by atoms with E-state index in [0.717, 1.165) is 18.4 Å². The second-order valence-electron chi connectivity index (χ2n) is 4.68. The largest absolute Gasteiger partial charge is 0.490 e. The van der Waals surface area contributed by atoms with Crippen molar-refractivity contribution in [3.63, 3.8) is 0 Å². The maximum absolute atomic E-state index is 11.1. The fourth-order valence-corrected chi connectivity index (χ4v) is 2.27. The molecule has 3 heteroatoms. The lowest BCUT2D eigenvalue weighted by atomic mass is 9.97. The topological polar surface area (TPSA) is 46.5 Å². The summed E-state index contributed by atoms with van der Waals surface area (Å²) in [7, 11) is 0. The average molecular weight is 234 g/mol. The van der Waals surface area contributed by atoms with Gasteiger partial charge in [0.2, 0.25) is 0 Å². The molecule has 1 N–H and O–H groups in total. The van der Waals surface area contributed by atoms with Crippen molar-refractivity contribution in [3.8, 4) is 5.75 Å². The minimum Gasteiger partial charge on any atom is -0.490 e. The molecule has 17 heavy (non-hydrogen) atoms. The van der Waals surface area contributed by atoms with Crippen molar-refractivity contribution >= 4 is 5.97 Å². The third kappa shape index (κ3) is 2.99. The Balaban J connectivity index is 2.17. The van der Waals surface area contributed by atoms with Crippen molar-refractivity contribution in [1.29, 1.82) is 0 Å². The number of carboxylic acids is 1. The summed E-state index contributed by atoms with van der Waals surface area (Å²) >= 11 is 0. The molecule has 0 heterocycles. The van der Waals surface area contributed by atoms with Gasteiger partial charge in [0.05, 0.1) is 6.10 Å². The third-order valence-electron chi connectivity index (χ3n) is 3.21. The highest BCUT2D eigenvalue weighted by atomic mass is 16.5. The van der Waals surface area contributed by atoms with E-state index in [1.54, 1.807) is 12.1 Å². The summed E-state index contributed by atoms with van der Waals surface area (Å²) in [6.07, 6.45) is 5.88. The van der Waals surface area contributed by atoms with E-state index in [-0.39, 0.29) is 11.7 Å². The van der Waals surface area contributed by atoms with Crippen LogP contribution >= 0.6 is 0 Å². The summed E-state index contributed by atoms with van der Waals surface area (Å²) in [4.78, 5) is 11.1. The number of hydrogen-bond acceptors (Lipinski definition) is 2. The minimum absolute atomic E-state index is 0.184. The van der Waals surface area contributed by atoms with Gasteiger partial charge in [-0.05, 0) is 50.3 Å². The van der Waals surface area contributed by atoms with Gasteiger partial charge in [-0.3, -0.25) is 0 Å². The first-order valence-corrected chi connectivity index (χ1v) is 6.17. The average Bonchev–Trinajstić information content (AvgIpc) is 2.30. The van der Waals surface area contributed by atoms with E-state index < -0.39 is 5.97 Å². The van der Waals surface area contributed by atoms with Gasteiger partial charge in [0.25, 0.3) is 0 Å². The van der Waals surface area contributed by atoms with Gasteiger partial charge < -0.3 is 9.84 Å². The highest BCUT2D eigenvalue weighted by Crippen LogP contribution is 2.27. The maximum Gasteiger partial charge on any atom is 0.339 e. The molecule has 0 atom stereocenters. The van der Waals surface area contributed by atoms with Crippen LogP contribution in [0, 0.1) is 6.92 Å². The molecule has 0 spiro atoms. The Kier molecular flexibility index (Phi) is 3.67. The number of aryl methyl sites for hydroxylation is 1. The van der Waals surface area contributed by atoms with Crippen molar-refractivity contribution in [2.75, 3.05) is 0 Å². The Labute approximate surface area is 101 Å². The monoisotopic (exact) mass is 234 g/mol. The molecule has 2 rings (SSSR count). The lowest BCUT2D eigenvalue weighted by Gasteiger charge is -2.23. The maximum atomic E-state index is 11.1. The molecule has 0 amide bonds. The fraction of sp³-hybridized carbons (Fsp3) is 0.500. The van der Waals surface area contributed by atoms with Crippen LogP contribution in [0.2, 0.25) is 0 Å². The molecule has 0 aliphatic heterocycles. The second-order valence-corrected chi connectivity index (χ2v) is 4.68. The van der Waals surface area contributed by atoms with E-state index in [2.05, 4.69) is 0 Å². The predicted octanol–water partition coefficient (Wildman–Crippen LogP) is 3.40. The predicted molar refractivity (Wildman–Crippen MR) is 65.6 cm³/mol. The first-order valence-electron chi connectivity index (χ1n) is 6.17. The van der Waals surface area contributed by atoms with Crippen LogP contribution in [0.15, 0.2) is 18.2 Å². The Morgan fingerprint density at radius 3 is 2.65 bits per heavy atom. The lowest BCUT2D eigenvalue weighted by molar-refractivity contribution is 0.0686. The zero-order chi connectivity index (χ0) is 12.3. The smallest absolute Gasteiger partial charge is 0.339 e. The lowest BCUT2D eigenvalue weighted by Crippen LogP contribution is -2.20. The van der Waals surface area contributed by atoms with E-state index in [1.165, 1.54) is 19.3 Å². The molecule has 1 aliphatic rings. The molecule has 0 unspecified atom stereocenters. The highest BCUT2D eigenvalue weighted by molar-refractivity contribution is 5.90. The molecule has 1 aromatic carbocycles. The minimum atomic E-state index is -0.921. The molecule has 0 saturated heterocycles. The van der Waals surface area contributed by atoms with Crippen LogP contribution in [-0.4, -0.2) is 17.2 Å². The summed E-state index contributed by atoms with van der Waals surface area (Å²) in [5.41, 5.74) is 1.29. The molecule has 1 fully saturated rings. The van der Waals surface area contributed by atoms with Crippen LogP contribution in [0.4, 0.5) is 0 Å². The van der Waals surface area contributed by atoms with Crippen LogP contribution < -0.4 is 4.74 Å². The standard InChI is InChI=1S/C14H18O3/c1-10-7-8-12(14(15)16)13(9-10)17-11-5-3-2-4-6-11/h7-9,11H,2-6H2,1H3,(H,15,16). The van der Waals surface area contributed by atoms with Crippen LogP contribution in [-0.2, 0) is 0 Å². The molecule has 0 aromatic heterocycles. The van der Waals surface area contributed by atoms with Crippen molar-refractivity contribution in [2.24, 2.45) is 0 Å². The molecule has 3 nitrogen and oxygen atoms in total.